The first-order valence-electron chi connectivity index (χ1n) is 6.78. The van der Waals surface area contributed by atoms with Crippen LogP contribution in [-0.4, -0.2) is 49.5 Å². The Morgan fingerprint density at radius 2 is 2.00 bits per heavy atom. The largest absolute Gasteiger partial charge is 0.387 e. The highest BCUT2D eigenvalue weighted by Crippen LogP contribution is 2.35. The Morgan fingerprint density at radius 3 is 2.67 bits per heavy atom. The fourth-order valence-corrected chi connectivity index (χ4v) is 2.97. The monoisotopic (exact) mass is 314 g/mol. The summed E-state index contributed by atoms with van der Waals surface area (Å²) < 4.78 is 27.7. The van der Waals surface area contributed by atoms with Crippen molar-refractivity contribution in [3.8, 4) is 0 Å². The number of aliphatic hydroxyl groups is 1. The van der Waals surface area contributed by atoms with Crippen LogP contribution < -0.4 is 0 Å². The lowest BCUT2D eigenvalue weighted by Crippen LogP contribution is -2.62. The van der Waals surface area contributed by atoms with Gasteiger partial charge in [-0.1, -0.05) is 30.3 Å². The molecule has 1 N–H and O–H groups in total. The first kappa shape index (κ1) is 15.3. The number of hydrogen-bond acceptors (Lipinski definition) is 6. The molecule has 4 unspecified atom stereocenters. The second-order valence-corrected chi connectivity index (χ2v) is 5.32. The van der Waals surface area contributed by atoms with Gasteiger partial charge in [0, 0.05) is 22.1 Å². The fraction of sp³-hybridized carbons (Fsp3) is 0.571. The van der Waals surface area contributed by atoms with E-state index in [1.807, 2.05) is 30.3 Å². The third kappa shape index (κ3) is 2.98. The van der Waals surface area contributed by atoms with E-state index in [-0.39, 0.29) is 6.10 Å². The van der Waals surface area contributed by atoms with E-state index in [0.29, 0.717) is 6.61 Å². The Kier molecular flexibility index (Phi) is 4.86. The summed E-state index contributed by atoms with van der Waals surface area (Å²) in [5.74, 6) is 0. The van der Waals surface area contributed by atoms with Gasteiger partial charge in [-0.3, -0.25) is 0 Å². The smallest absolute Gasteiger partial charge is 0.186 e. The number of ether oxygens (including phenoxy) is 4. The molecule has 0 aliphatic carbocycles. The lowest BCUT2D eigenvalue weighted by molar-refractivity contribution is -0.354. The van der Waals surface area contributed by atoms with Gasteiger partial charge in [0.1, 0.15) is 24.4 Å². The molecule has 0 bridgehead atoms. The van der Waals surface area contributed by atoms with E-state index in [4.69, 9.17) is 23.5 Å². The van der Waals surface area contributed by atoms with Crippen LogP contribution in [0.2, 0.25) is 0 Å². The van der Waals surface area contributed by atoms with Crippen molar-refractivity contribution in [1.82, 2.24) is 0 Å². The molecular weight excluding hydrogens is 295 g/mol. The number of fused-ring (bicyclic) bond motifs is 1. The molecule has 2 heterocycles. The average molecular weight is 314 g/mol. The number of rotatable bonds is 3. The lowest BCUT2D eigenvalue weighted by Gasteiger charge is -2.46. The normalized spacial score (nSPS) is 39.8. The molecule has 7 heteroatoms. The van der Waals surface area contributed by atoms with E-state index < -0.39 is 30.9 Å². The minimum absolute atomic E-state index is 0.324. The summed E-state index contributed by atoms with van der Waals surface area (Å²) in [7, 11) is 3.64. The van der Waals surface area contributed by atoms with Crippen LogP contribution >= 0.6 is 9.47 Å². The first-order chi connectivity index (χ1) is 10.2. The van der Waals surface area contributed by atoms with E-state index >= 15 is 0 Å². The van der Waals surface area contributed by atoms with Crippen LogP contribution in [0.5, 0.6) is 0 Å². The summed E-state index contributed by atoms with van der Waals surface area (Å²) in [6, 6.07) is 9.59. The molecule has 2 fully saturated rings. The zero-order chi connectivity index (χ0) is 14.8. The lowest BCUT2D eigenvalue weighted by atomic mass is 9.98. The molecule has 0 saturated carbocycles. The molecule has 0 amide bonds. The summed E-state index contributed by atoms with van der Waals surface area (Å²) in [5, 5.41) is 10.5. The van der Waals surface area contributed by atoms with E-state index in [9.17, 15) is 5.11 Å². The van der Waals surface area contributed by atoms with E-state index in [2.05, 4.69) is 9.47 Å². The molecule has 3 rings (SSSR count). The van der Waals surface area contributed by atoms with Crippen LogP contribution in [0.3, 0.4) is 0 Å². The van der Waals surface area contributed by atoms with Crippen LogP contribution in [0.25, 0.3) is 0 Å². The topological polar surface area (TPSA) is 66.4 Å². The van der Waals surface area contributed by atoms with Gasteiger partial charge in [-0.2, -0.15) is 0 Å². The molecule has 1 aromatic rings. The highest BCUT2D eigenvalue weighted by Gasteiger charge is 2.49. The number of benzene rings is 1. The van der Waals surface area contributed by atoms with Gasteiger partial charge in [-0.25, -0.2) is 0 Å². The molecule has 2 saturated heterocycles. The molecule has 1 aromatic carbocycles. The number of hydrogen-bond donors (Lipinski definition) is 1. The van der Waals surface area contributed by atoms with Crippen molar-refractivity contribution in [2.45, 2.75) is 37.0 Å². The SMILES string of the molecule is CO[C@H]1OC2COC(c3ccccc3)O[C@H]2[C@H](O)C1OP. The van der Waals surface area contributed by atoms with Gasteiger partial charge in [0.15, 0.2) is 12.6 Å². The Balaban J connectivity index is 1.75. The molecule has 2 aliphatic heterocycles. The van der Waals surface area contributed by atoms with Crippen molar-refractivity contribution in [2.75, 3.05) is 13.7 Å². The molecule has 2 aliphatic rings. The van der Waals surface area contributed by atoms with E-state index in [0.717, 1.165) is 5.56 Å². The minimum atomic E-state index is -0.860. The zero-order valence-corrected chi connectivity index (χ0v) is 12.8. The Morgan fingerprint density at radius 1 is 1.24 bits per heavy atom. The molecule has 0 aromatic heterocycles. The van der Waals surface area contributed by atoms with Gasteiger partial charge in [0.05, 0.1) is 6.61 Å². The maximum atomic E-state index is 10.5. The van der Waals surface area contributed by atoms with Gasteiger partial charge in [-0.05, 0) is 0 Å². The standard InChI is InChI=1S/C14H19O6P/c1-16-14-12(20-21)10(15)11-9(18-14)7-17-13(19-11)8-5-3-2-4-6-8/h2-6,9-15H,7,21H2,1H3/t9?,10-,11+,12?,13?,14-/m0/s1. The first-order valence-corrected chi connectivity index (χ1v) is 7.25. The summed E-state index contributed by atoms with van der Waals surface area (Å²) in [4.78, 5) is 0. The highest BCUT2D eigenvalue weighted by atomic mass is 31.0. The molecule has 0 spiro atoms. The van der Waals surface area contributed by atoms with Crippen molar-refractivity contribution in [2.24, 2.45) is 0 Å². The molecular formula is C14H19O6P. The number of methoxy groups -OCH3 is 1. The van der Waals surface area contributed by atoms with Gasteiger partial charge in [-0.15, -0.1) is 0 Å². The van der Waals surface area contributed by atoms with Gasteiger partial charge in [0.25, 0.3) is 0 Å². The third-order valence-corrected chi connectivity index (χ3v) is 4.08. The maximum absolute atomic E-state index is 10.5. The maximum Gasteiger partial charge on any atom is 0.186 e. The minimum Gasteiger partial charge on any atom is -0.387 e. The Bertz CT molecular complexity index is 458. The van der Waals surface area contributed by atoms with Crippen LogP contribution in [0.1, 0.15) is 11.9 Å². The molecule has 7 atom stereocenters. The summed E-state index contributed by atoms with van der Waals surface area (Å²) in [6.07, 6.45) is -3.58. The van der Waals surface area contributed by atoms with E-state index in [1.165, 1.54) is 7.11 Å². The predicted octanol–water partition coefficient (Wildman–Crippen LogP) is 1.01. The van der Waals surface area contributed by atoms with Crippen molar-refractivity contribution in [1.29, 1.82) is 0 Å². The van der Waals surface area contributed by atoms with Crippen molar-refractivity contribution >= 4 is 9.47 Å². The number of aliphatic hydroxyl groups excluding tert-OH is 1. The average Bonchev–Trinajstić information content (AvgIpc) is 2.55. The fourth-order valence-electron chi connectivity index (χ4n) is 2.68. The second-order valence-electron chi connectivity index (χ2n) is 5.05. The molecule has 21 heavy (non-hydrogen) atoms. The van der Waals surface area contributed by atoms with Crippen LogP contribution in [0, 0.1) is 0 Å². The summed E-state index contributed by atoms with van der Waals surface area (Å²) in [5.41, 5.74) is 0.903. The zero-order valence-electron chi connectivity index (χ0n) is 11.6. The van der Waals surface area contributed by atoms with Crippen molar-refractivity contribution in [3.63, 3.8) is 0 Å². The summed E-state index contributed by atoms with van der Waals surface area (Å²) in [6.45, 7) is 0.324. The quantitative estimate of drug-likeness (QED) is 0.840. The van der Waals surface area contributed by atoms with Crippen LogP contribution in [0.4, 0.5) is 0 Å². The van der Waals surface area contributed by atoms with Gasteiger partial charge in [0.2, 0.25) is 0 Å². The third-order valence-electron chi connectivity index (χ3n) is 3.77. The second kappa shape index (κ2) is 6.67. The molecule has 116 valence electrons. The Hall–Kier alpha value is -0.590. The predicted molar refractivity (Wildman–Crippen MR) is 76.3 cm³/mol. The molecule has 0 radical (unpaired) electrons. The highest BCUT2D eigenvalue weighted by molar-refractivity contribution is 7.09. The Labute approximate surface area is 125 Å². The van der Waals surface area contributed by atoms with Gasteiger partial charge >= 0.3 is 0 Å². The van der Waals surface area contributed by atoms with Crippen molar-refractivity contribution in [3.05, 3.63) is 35.9 Å². The van der Waals surface area contributed by atoms with E-state index in [1.54, 1.807) is 0 Å². The van der Waals surface area contributed by atoms with Crippen LogP contribution in [0.15, 0.2) is 30.3 Å². The summed E-state index contributed by atoms with van der Waals surface area (Å²) >= 11 is 0. The van der Waals surface area contributed by atoms with Gasteiger partial charge < -0.3 is 28.6 Å². The van der Waals surface area contributed by atoms with Crippen molar-refractivity contribution < 1.29 is 28.6 Å². The molecule has 6 nitrogen and oxygen atoms in total. The van der Waals surface area contributed by atoms with Crippen LogP contribution in [-0.2, 0) is 23.5 Å².